The molecule has 1 aromatic carbocycles. The van der Waals surface area contributed by atoms with Crippen molar-refractivity contribution in [2.24, 2.45) is 11.8 Å². The highest BCUT2D eigenvalue weighted by molar-refractivity contribution is 5.99. The van der Waals surface area contributed by atoms with E-state index in [2.05, 4.69) is 35.1 Å². The summed E-state index contributed by atoms with van der Waals surface area (Å²) in [6.45, 7) is 6.70. The molecular weight excluding hydrogens is 480 g/mol. The lowest BCUT2D eigenvalue weighted by molar-refractivity contribution is -0.120. The molecule has 8 nitrogen and oxygen atoms in total. The molecule has 1 fully saturated rings. The number of aromatic nitrogens is 1. The molecule has 2 aliphatic rings. The Hall–Kier alpha value is -2.97. The Morgan fingerprint density at radius 3 is 2.66 bits per heavy atom. The third kappa shape index (κ3) is 7.11. The van der Waals surface area contributed by atoms with Gasteiger partial charge in [-0.05, 0) is 55.5 Å². The number of benzene rings is 1. The van der Waals surface area contributed by atoms with Crippen molar-refractivity contribution in [3.63, 3.8) is 0 Å². The van der Waals surface area contributed by atoms with Gasteiger partial charge < -0.3 is 19.7 Å². The van der Waals surface area contributed by atoms with E-state index in [1.807, 2.05) is 18.3 Å². The molecule has 3 atom stereocenters. The number of pyridine rings is 1. The largest absolute Gasteiger partial charge is 0.491 e. The number of carbonyl (C=O) groups excluding carboxylic acids is 2. The highest BCUT2D eigenvalue weighted by Crippen LogP contribution is 2.29. The highest BCUT2D eigenvalue weighted by Gasteiger charge is 2.29. The van der Waals surface area contributed by atoms with E-state index >= 15 is 0 Å². The van der Waals surface area contributed by atoms with Crippen LogP contribution in [-0.2, 0) is 16.1 Å². The van der Waals surface area contributed by atoms with Crippen LogP contribution in [0.3, 0.4) is 0 Å². The van der Waals surface area contributed by atoms with Crippen molar-refractivity contribution in [1.29, 1.82) is 0 Å². The predicted molar refractivity (Wildman–Crippen MR) is 148 cm³/mol. The number of carbonyl (C=O) groups is 2. The summed E-state index contributed by atoms with van der Waals surface area (Å²) < 4.78 is 12.1. The molecule has 0 spiro atoms. The minimum atomic E-state index is -0.150. The van der Waals surface area contributed by atoms with Gasteiger partial charge in [-0.3, -0.25) is 19.5 Å². The Kier molecular flexibility index (Phi) is 9.74. The van der Waals surface area contributed by atoms with Gasteiger partial charge >= 0.3 is 0 Å². The fraction of sp³-hybridized carbons (Fsp3) is 0.567. The lowest BCUT2D eigenvalue weighted by Gasteiger charge is -2.36. The SMILES string of the molecule is CO[C@@H]1CN(C)C(=O)c2cc(NC(=O)C3CCCCC3)ccc2OC[C@@H](C)N(Cc2cccnc2)C[C@H]1C. The molecule has 2 amide bonds. The van der Waals surface area contributed by atoms with Crippen LogP contribution in [0.2, 0.25) is 0 Å². The Bertz CT molecular complexity index is 1070. The molecule has 38 heavy (non-hydrogen) atoms. The first-order valence-corrected chi connectivity index (χ1v) is 13.8. The molecule has 1 N–H and O–H groups in total. The molecule has 2 heterocycles. The molecule has 0 saturated heterocycles. The second-order valence-electron chi connectivity index (χ2n) is 10.9. The van der Waals surface area contributed by atoms with E-state index in [0.717, 1.165) is 44.3 Å². The number of fused-ring (bicyclic) bond motifs is 1. The van der Waals surface area contributed by atoms with E-state index in [9.17, 15) is 9.59 Å². The molecule has 0 unspecified atom stereocenters. The summed E-state index contributed by atoms with van der Waals surface area (Å²) in [5, 5.41) is 3.05. The fourth-order valence-corrected chi connectivity index (χ4v) is 5.48. The van der Waals surface area contributed by atoms with Crippen LogP contribution < -0.4 is 10.1 Å². The van der Waals surface area contributed by atoms with Crippen LogP contribution in [0.4, 0.5) is 5.69 Å². The zero-order chi connectivity index (χ0) is 27.1. The van der Waals surface area contributed by atoms with Gasteiger partial charge in [0.2, 0.25) is 5.91 Å². The van der Waals surface area contributed by atoms with Crippen molar-refractivity contribution in [2.45, 2.75) is 64.6 Å². The first kappa shape index (κ1) is 28.0. The monoisotopic (exact) mass is 522 g/mol. The normalized spacial score (nSPS) is 24.1. The van der Waals surface area contributed by atoms with Gasteiger partial charge in [0, 0.05) is 63.8 Å². The summed E-state index contributed by atoms with van der Waals surface area (Å²) in [6.07, 6.45) is 8.77. The van der Waals surface area contributed by atoms with Gasteiger partial charge in [-0.2, -0.15) is 0 Å². The number of hydrogen-bond donors (Lipinski definition) is 1. The summed E-state index contributed by atoms with van der Waals surface area (Å²) in [6, 6.07) is 9.51. The van der Waals surface area contributed by atoms with Crippen molar-refractivity contribution < 1.29 is 19.1 Å². The number of amides is 2. The van der Waals surface area contributed by atoms with E-state index < -0.39 is 0 Å². The molecule has 2 aromatic rings. The Morgan fingerprint density at radius 1 is 1.16 bits per heavy atom. The summed E-state index contributed by atoms with van der Waals surface area (Å²) in [5.74, 6) is 0.619. The van der Waals surface area contributed by atoms with Gasteiger partial charge in [0.25, 0.3) is 5.91 Å². The molecule has 1 aliphatic heterocycles. The van der Waals surface area contributed by atoms with Gasteiger partial charge in [-0.15, -0.1) is 0 Å². The third-order valence-corrected chi connectivity index (χ3v) is 7.93. The van der Waals surface area contributed by atoms with Gasteiger partial charge in [-0.1, -0.05) is 32.3 Å². The number of nitrogens with one attached hydrogen (secondary N) is 1. The van der Waals surface area contributed by atoms with Crippen molar-refractivity contribution >= 4 is 17.5 Å². The van der Waals surface area contributed by atoms with E-state index in [-0.39, 0.29) is 35.8 Å². The van der Waals surface area contributed by atoms with Crippen LogP contribution in [0.5, 0.6) is 5.75 Å². The van der Waals surface area contributed by atoms with Gasteiger partial charge in [0.15, 0.2) is 0 Å². The Balaban J connectivity index is 1.59. The van der Waals surface area contributed by atoms with Crippen LogP contribution in [0.15, 0.2) is 42.7 Å². The van der Waals surface area contributed by atoms with Gasteiger partial charge in [-0.25, -0.2) is 0 Å². The van der Waals surface area contributed by atoms with Crippen LogP contribution in [-0.4, -0.2) is 72.6 Å². The molecule has 206 valence electrons. The maximum atomic E-state index is 13.6. The lowest BCUT2D eigenvalue weighted by Crippen LogP contribution is -2.46. The number of likely N-dealkylation sites (N-methyl/N-ethyl adjacent to an activating group) is 1. The standard InChI is InChI=1S/C30H42N4O4/c1-21-17-34(18-23-9-8-14-31-16-23)22(2)20-38-27-13-12-25(32-29(35)24-10-6-5-7-11-24)15-26(27)30(36)33(3)19-28(21)37-4/h8-9,12-16,21-22,24,28H,5-7,10-11,17-20H2,1-4H3,(H,32,35)/t21-,22-,28-/m1/s1. The third-order valence-electron chi connectivity index (χ3n) is 7.93. The molecule has 0 bridgehead atoms. The molecule has 1 saturated carbocycles. The maximum absolute atomic E-state index is 13.6. The highest BCUT2D eigenvalue weighted by atomic mass is 16.5. The molecule has 0 radical (unpaired) electrons. The van der Waals surface area contributed by atoms with E-state index in [4.69, 9.17) is 9.47 Å². The molecule has 1 aliphatic carbocycles. The minimum Gasteiger partial charge on any atom is -0.491 e. The minimum absolute atomic E-state index is 0.0347. The lowest BCUT2D eigenvalue weighted by atomic mass is 9.88. The summed E-state index contributed by atoms with van der Waals surface area (Å²) in [5.41, 5.74) is 2.21. The van der Waals surface area contributed by atoms with Gasteiger partial charge in [0.05, 0.1) is 11.7 Å². The quantitative estimate of drug-likeness (QED) is 0.618. The van der Waals surface area contributed by atoms with E-state index in [1.165, 1.54) is 6.42 Å². The van der Waals surface area contributed by atoms with E-state index in [1.54, 1.807) is 37.4 Å². The second-order valence-corrected chi connectivity index (χ2v) is 10.9. The first-order chi connectivity index (χ1) is 18.4. The Labute approximate surface area is 226 Å². The average Bonchev–Trinajstić information content (AvgIpc) is 2.94. The summed E-state index contributed by atoms with van der Waals surface area (Å²) >= 11 is 0. The van der Waals surface area contributed by atoms with Crippen LogP contribution in [0, 0.1) is 11.8 Å². The predicted octanol–water partition coefficient (Wildman–Crippen LogP) is 4.61. The smallest absolute Gasteiger partial charge is 0.257 e. The zero-order valence-corrected chi connectivity index (χ0v) is 23.2. The first-order valence-electron chi connectivity index (χ1n) is 13.8. The molecular formula is C30H42N4O4. The summed E-state index contributed by atoms with van der Waals surface area (Å²) in [7, 11) is 3.50. The number of rotatable bonds is 5. The van der Waals surface area contributed by atoms with E-state index in [0.29, 0.717) is 30.2 Å². The fourth-order valence-electron chi connectivity index (χ4n) is 5.48. The maximum Gasteiger partial charge on any atom is 0.257 e. The van der Waals surface area contributed by atoms with Crippen LogP contribution >= 0.6 is 0 Å². The van der Waals surface area contributed by atoms with Crippen molar-refractivity contribution in [3.05, 3.63) is 53.9 Å². The van der Waals surface area contributed by atoms with Crippen LogP contribution in [0.1, 0.15) is 61.9 Å². The van der Waals surface area contributed by atoms with Crippen molar-refractivity contribution in [2.75, 3.05) is 39.2 Å². The average molecular weight is 523 g/mol. The van der Waals surface area contributed by atoms with Crippen molar-refractivity contribution in [1.82, 2.24) is 14.8 Å². The van der Waals surface area contributed by atoms with Crippen molar-refractivity contribution in [3.8, 4) is 5.75 Å². The number of methoxy groups -OCH3 is 1. The molecule has 8 heteroatoms. The molecule has 1 aromatic heterocycles. The number of ether oxygens (including phenoxy) is 2. The number of hydrogen-bond acceptors (Lipinski definition) is 6. The second kappa shape index (κ2) is 13.2. The van der Waals surface area contributed by atoms with Crippen LogP contribution in [0.25, 0.3) is 0 Å². The molecule has 4 rings (SSSR count). The number of nitrogens with zero attached hydrogens (tertiary/aromatic N) is 3. The number of anilines is 1. The summed E-state index contributed by atoms with van der Waals surface area (Å²) in [4.78, 5) is 34.8. The topological polar surface area (TPSA) is 84.0 Å². The Morgan fingerprint density at radius 2 is 1.95 bits per heavy atom. The van der Waals surface area contributed by atoms with Gasteiger partial charge in [0.1, 0.15) is 12.4 Å². The zero-order valence-electron chi connectivity index (χ0n) is 23.2.